The zero-order chi connectivity index (χ0) is 18.7. The Morgan fingerprint density at radius 1 is 1.08 bits per heavy atom. The highest BCUT2D eigenvalue weighted by molar-refractivity contribution is 7.90. The van der Waals surface area contributed by atoms with E-state index in [0.717, 1.165) is 11.1 Å². The lowest BCUT2D eigenvalue weighted by Gasteiger charge is -2.05. The van der Waals surface area contributed by atoms with Crippen LogP contribution in [-0.4, -0.2) is 24.5 Å². The molecule has 0 radical (unpaired) electrons. The quantitative estimate of drug-likeness (QED) is 0.740. The van der Waals surface area contributed by atoms with Crippen LogP contribution in [0.1, 0.15) is 27.4 Å². The molecule has 7 nitrogen and oxygen atoms in total. The van der Waals surface area contributed by atoms with Crippen molar-refractivity contribution in [3.8, 4) is 0 Å². The van der Waals surface area contributed by atoms with Gasteiger partial charge in [0.25, 0.3) is 5.91 Å². The monoisotopic (exact) mass is 371 g/mol. The molecule has 26 heavy (non-hydrogen) atoms. The minimum atomic E-state index is -3.60. The van der Waals surface area contributed by atoms with Gasteiger partial charge in [0.2, 0.25) is 5.89 Å². The first-order valence-corrected chi connectivity index (χ1v) is 9.49. The van der Waals surface area contributed by atoms with Gasteiger partial charge in [-0.25, -0.2) is 8.42 Å². The molecule has 0 aliphatic carbocycles. The van der Waals surface area contributed by atoms with Gasteiger partial charge in [-0.1, -0.05) is 41.0 Å². The van der Waals surface area contributed by atoms with E-state index in [0.29, 0.717) is 5.56 Å². The molecule has 0 fully saturated rings. The van der Waals surface area contributed by atoms with Crippen molar-refractivity contribution in [2.45, 2.75) is 24.5 Å². The molecule has 0 unspecified atom stereocenters. The van der Waals surface area contributed by atoms with Gasteiger partial charge in [0, 0.05) is 5.56 Å². The van der Waals surface area contributed by atoms with Crippen LogP contribution in [0.2, 0.25) is 0 Å². The maximum absolute atomic E-state index is 12.3. The number of rotatable bonds is 5. The fourth-order valence-corrected chi connectivity index (χ4v) is 3.56. The van der Waals surface area contributed by atoms with Crippen molar-refractivity contribution in [1.82, 2.24) is 10.2 Å². The van der Waals surface area contributed by atoms with Crippen LogP contribution < -0.4 is 5.32 Å². The van der Waals surface area contributed by atoms with E-state index in [9.17, 15) is 13.2 Å². The van der Waals surface area contributed by atoms with E-state index in [1.54, 1.807) is 24.3 Å². The number of sulfone groups is 1. The average molecular weight is 371 g/mol. The fourth-order valence-electron chi connectivity index (χ4n) is 2.38. The normalized spacial score (nSPS) is 11.3. The van der Waals surface area contributed by atoms with Crippen molar-refractivity contribution in [2.24, 2.45) is 0 Å². The second-order valence-corrected chi connectivity index (χ2v) is 7.84. The van der Waals surface area contributed by atoms with E-state index in [4.69, 9.17) is 4.42 Å². The Labute approximate surface area is 151 Å². The molecule has 0 saturated carbocycles. The number of hydrogen-bond donors (Lipinski definition) is 1. The third-order valence-corrected chi connectivity index (χ3v) is 5.36. The van der Waals surface area contributed by atoms with Crippen LogP contribution in [0.3, 0.4) is 0 Å². The van der Waals surface area contributed by atoms with Crippen LogP contribution in [0.5, 0.6) is 0 Å². The zero-order valence-electron chi connectivity index (χ0n) is 14.3. The van der Waals surface area contributed by atoms with Crippen LogP contribution in [0.4, 0.5) is 6.01 Å². The summed E-state index contributed by atoms with van der Waals surface area (Å²) in [6, 6.07) is 13.3. The molecule has 134 valence electrons. The Hall–Kier alpha value is -3.00. The van der Waals surface area contributed by atoms with Gasteiger partial charge in [0.1, 0.15) is 5.75 Å². The maximum Gasteiger partial charge on any atom is 0.322 e. The summed E-state index contributed by atoms with van der Waals surface area (Å²) in [6.07, 6.45) is 0. The Kier molecular flexibility index (Phi) is 4.85. The first-order chi connectivity index (χ1) is 12.3. The van der Waals surface area contributed by atoms with Gasteiger partial charge in [-0.2, -0.15) is 0 Å². The predicted molar refractivity (Wildman–Crippen MR) is 95.5 cm³/mol. The highest BCUT2D eigenvalue weighted by atomic mass is 32.2. The molecular weight excluding hydrogens is 354 g/mol. The molecule has 0 aliphatic heterocycles. The number of aryl methyl sites for hydroxylation is 2. The molecule has 1 amide bonds. The van der Waals surface area contributed by atoms with E-state index < -0.39 is 21.5 Å². The first-order valence-electron chi connectivity index (χ1n) is 7.84. The van der Waals surface area contributed by atoms with Gasteiger partial charge in [-0.15, -0.1) is 5.10 Å². The maximum atomic E-state index is 12.3. The van der Waals surface area contributed by atoms with Crippen LogP contribution >= 0.6 is 0 Å². The van der Waals surface area contributed by atoms with Crippen molar-refractivity contribution in [1.29, 1.82) is 0 Å². The Morgan fingerprint density at radius 3 is 2.54 bits per heavy atom. The van der Waals surface area contributed by atoms with Crippen LogP contribution in [0.25, 0.3) is 0 Å². The number of hydrogen-bond acceptors (Lipinski definition) is 6. The minimum absolute atomic E-state index is 0.0925. The van der Waals surface area contributed by atoms with Gasteiger partial charge in [-0.05, 0) is 37.6 Å². The molecule has 0 aliphatic rings. The van der Waals surface area contributed by atoms with Crippen molar-refractivity contribution < 1.29 is 17.6 Å². The Morgan fingerprint density at radius 2 is 1.81 bits per heavy atom. The summed E-state index contributed by atoms with van der Waals surface area (Å²) in [7, 11) is -3.60. The van der Waals surface area contributed by atoms with E-state index in [2.05, 4.69) is 15.5 Å². The summed E-state index contributed by atoms with van der Waals surface area (Å²) in [6.45, 7) is 3.70. The van der Waals surface area contributed by atoms with Crippen molar-refractivity contribution >= 4 is 21.8 Å². The number of anilines is 1. The molecule has 1 N–H and O–H groups in total. The Bertz CT molecular complexity index is 1040. The second-order valence-electron chi connectivity index (χ2n) is 5.85. The molecule has 2 aromatic carbocycles. The smallest absolute Gasteiger partial charge is 0.322 e. The van der Waals surface area contributed by atoms with Gasteiger partial charge in [-0.3, -0.25) is 10.1 Å². The highest BCUT2D eigenvalue weighted by Gasteiger charge is 2.20. The van der Waals surface area contributed by atoms with Crippen molar-refractivity contribution in [3.05, 3.63) is 71.1 Å². The number of nitrogens with one attached hydrogen (secondary N) is 1. The largest absolute Gasteiger partial charge is 0.407 e. The topological polar surface area (TPSA) is 102 Å². The molecule has 0 spiro atoms. The summed E-state index contributed by atoms with van der Waals surface area (Å²) in [5, 5.41) is 9.90. The van der Waals surface area contributed by atoms with E-state index in [1.165, 1.54) is 12.1 Å². The molecule has 3 aromatic rings. The van der Waals surface area contributed by atoms with Gasteiger partial charge < -0.3 is 4.42 Å². The molecule has 1 aromatic heterocycles. The second kappa shape index (κ2) is 7.09. The predicted octanol–water partition coefficient (Wildman–Crippen LogP) is 2.91. The highest BCUT2D eigenvalue weighted by Crippen LogP contribution is 2.18. The molecule has 0 saturated heterocycles. The number of benzene rings is 2. The van der Waals surface area contributed by atoms with Gasteiger partial charge >= 0.3 is 6.01 Å². The number of nitrogens with zero attached hydrogens (tertiary/aromatic N) is 2. The van der Waals surface area contributed by atoms with Crippen LogP contribution in [0.15, 0.2) is 57.8 Å². The summed E-state index contributed by atoms with van der Waals surface area (Å²) in [4.78, 5) is 12.5. The number of carbonyl (C=O) groups is 1. The summed E-state index contributed by atoms with van der Waals surface area (Å²) in [5.41, 5.74) is 2.24. The fraction of sp³-hybridized carbons (Fsp3) is 0.167. The lowest BCUT2D eigenvalue weighted by atomic mass is 10.1. The summed E-state index contributed by atoms with van der Waals surface area (Å²) in [5.74, 6) is -0.930. The van der Waals surface area contributed by atoms with E-state index in [1.807, 2.05) is 26.0 Å². The molecule has 1 heterocycles. The molecule has 0 atom stereocenters. The van der Waals surface area contributed by atoms with Gasteiger partial charge in [0.05, 0.1) is 4.90 Å². The number of amides is 1. The van der Waals surface area contributed by atoms with E-state index in [-0.39, 0.29) is 16.8 Å². The molecule has 0 bridgehead atoms. The van der Waals surface area contributed by atoms with Crippen molar-refractivity contribution in [3.63, 3.8) is 0 Å². The standard InChI is InChI=1S/C18H17N3O4S/c1-12-8-9-13(2)15(10-12)17(22)19-18-21-20-16(25-18)11-26(23,24)14-6-4-3-5-7-14/h3-10H,11H2,1-2H3,(H,19,21,22). The summed E-state index contributed by atoms with van der Waals surface area (Å²) >= 11 is 0. The third-order valence-electron chi connectivity index (χ3n) is 3.74. The number of aromatic nitrogens is 2. The van der Waals surface area contributed by atoms with Crippen LogP contribution in [0, 0.1) is 13.8 Å². The zero-order valence-corrected chi connectivity index (χ0v) is 15.1. The Balaban J connectivity index is 1.74. The lowest BCUT2D eigenvalue weighted by Crippen LogP contribution is -2.13. The van der Waals surface area contributed by atoms with Gasteiger partial charge in [0.15, 0.2) is 9.84 Å². The molecule has 3 rings (SSSR count). The lowest BCUT2D eigenvalue weighted by molar-refractivity contribution is 0.102. The molecular formula is C18H17N3O4S. The number of carbonyl (C=O) groups excluding carboxylic acids is 1. The van der Waals surface area contributed by atoms with Crippen molar-refractivity contribution in [2.75, 3.05) is 5.32 Å². The minimum Gasteiger partial charge on any atom is -0.407 e. The van der Waals surface area contributed by atoms with E-state index >= 15 is 0 Å². The average Bonchev–Trinajstić information content (AvgIpc) is 3.04. The first kappa shape index (κ1) is 17.8. The summed E-state index contributed by atoms with van der Waals surface area (Å²) < 4.78 is 29.9. The third kappa shape index (κ3) is 3.97. The van der Waals surface area contributed by atoms with Crippen LogP contribution in [-0.2, 0) is 15.6 Å². The SMILES string of the molecule is Cc1ccc(C)c(C(=O)Nc2nnc(CS(=O)(=O)c3ccccc3)o2)c1. The molecule has 8 heteroatoms.